The average Bonchev–Trinajstić information content (AvgIpc) is 2.80. The van der Waals surface area contributed by atoms with E-state index in [1.165, 1.54) is 6.92 Å². The van der Waals surface area contributed by atoms with Crippen LogP contribution in [0, 0.1) is 0 Å². The molecule has 1 aliphatic rings. The van der Waals surface area contributed by atoms with Crippen LogP contribution in [0.3, 0.4) is 0 Å². The lowest BCUT2D eigenvalue weighted by atomic mass is 9.97. The highest BCUT2D eigenvalue weighted by Gasteiger charge is 2.52. The van der Waals surface area contributed by atoms with Crippen molar-refractivity contribution in [3.63, 3.8) is 0 Å². The lowest BCUT2D eigenvalue weighted by molar-refractivity contribution is -0.247. The Morgan fingerprint density at radius 1 is 0.921 bits per heavy atom. The maximum absolute atomic E-state index is 12.0. The molecule has 38 heavy (non-hydrogen) atoms. The smallest absolute Gasteiger partial charge is 0.303 e. The minimum Gasteiger partial charge on any atom is -0.463 e. The zero-order valence-corrected chi connectivity index (χ0v) is 22.5. The Balaban J connectivity index is 2.08. The van der Waals surface area contributed by atoms with Gasteiger partial charge in [0.25, 0.3) is 0 Å². The van der Waals surface area contributed by atoms with Gasteiger partial charge >= 0.3 is 23.9 Å². The number of hydrogen-bond donors (Lipinski definition) is 1. The molecule has 0 aliphatic carbocycles. The van der Waals surface area contributed by atoms with Crippen molar-refractivity contribution < 1.29 is 42.9 Å². The third kappa shape index (κ3) is 7.19. The molecule has 0 unspecified atom stereocenters. The van der Waals surface area contributed by atoms with E-state index in [9.17, 15) is 19.2 Å². The van der Waals surface area contributed by atoms with Crippen molar-refractivity contribution in [1.29, 1.82) is 0 Å². The van der Waals surface area contributed by atoms with Crippen LogP contribution in [-0.4, -0.2) is 85.2 Å². The summed E-state index contributed by atoms with van der Waals surface area (Å²) >= 11 is 6.16. The fourth-order valence-corrected chi connectivity index (χ4v) is 4.13. The summed E-state index contributed by atoms with van der Waals surface area (Å²) in [5.74, 6) is -2.16. The van der Waals surface area contributed by atoms with Gasteiger partial charge in [0.15, 0.2) is 24.5 Å². The number of anilines is 2. The molecule has 206 valence electrons. The van der Waals surface area contributed by atoms with Crippen LogP contribution in [-0.2, 0) is 42.9 Å². The second-order valence-electron chi connectivity index (χ2n) is 8.69. The number of nitrogens with one attached hydrogen (secondary N) is 1. The molecule has 1 aromatic carbocycles. The molecular weight excluding hydrogens is 524 g/mol. The van der Waals surface area contributed by atoms with Gasteiger partial charge in [-0.15, -0.1) is 0 Å². The van der Waals surface area contributed by atoms with Crippen molar-refractivity contribution in [1.82, 2.24) is 9.97 Å². The van der Waals surface area contributed by atoms with Gasteiger partial charge in [-0.2, -0.15) is 4.98 Å². The maximum atomic E-state index is 12.0. The number of carbonyl (C=O) groups is 4. The normalized spacial score (nSPS) is 22.8. The SMILES string of the molecule is CC(=O)OC[C@H]1O[C@@H](Nc2nc(N(C)C)c3cc(Cl)ccc3n2)[C@H](OC(C)=O)[C@@H](OC(C)=O)[C@@H]1OC(C)=O. The molecule has 2 aromatic rings. The molecule has 5 atom stereocenters. The van der Waals surface area contributed by atoms with E-state index in [1.54, 1.807) is 37.2 Å². The molecule has 0 radical (unpaired) electrons. The topological polar surface area (TPSA) is 155 Å². The molecule has 14 heteroatoms. The van der Waals surface area contributed by atoms with Gasteiger partial charge in [0.05, 0.1) is 5.52 Å². The minimum atomic E-state index is -1.32. The van der Waals surface area contributed by atoms with Crippen molar-refractivity contribution in [2.75, 3.05) is 30.9 Å². The first-order valence-corrected chi connectivity index (χ1v) is 11.9. The van der Waals surface area contributed by atoms with Crippen LogP contribution in [0.15, 0.2) is 18.2 Å². The lowest BCUT2D eigenvalue weighted by Crippen LogP contribution is -2.64. The summed E-state index contributed by atoms with van der Waals surface area (Å²) in [4.78, 5) is 58.3. The average molecular weight is 553 g/mol. The van der Waals surface area contributed by atoms with E-state index in [1.807, 2.05) is 0 Å². The second-order valence-corrected chi connectivity index (χ2v) is 9.13. The van der Waals surface area contributed by atoms with E-state index in [0.717, 1.165) is 20.8 Å². The Morgan fingerprint density at radius 3 is 2.11 bits per heavy atom. The number of halogens is 1. The molecule has 2 heterocycles. The van der Waals surface area contributed by atoms with Crippen molar-refractivity contribution in [2.24, 2.45) is 0 Å². The summed E-state index contributed by atoms with van der Waals surface area (Å²) in [6.45, 7) is 4.30. The molecule has 0 amide bonds. The van der Waals surface area contributed by atoms with Crippen molar-refractivity contribution in [2.45, 2.75) is 58.3 Å². The quantitative estimate of drug-likeness (QED) is 0.374. The van der Waals surface area contributed by atoms with Crippen LogP contribution in [0.4, 0.5) is 11.8 Å². The largest absolute Gasteiger partial charge is 0.463 e. The van der Waals surface area contributed by atoms with E-state index < -0.39 is 54.5 Å². The first kappa shape index (κ1) is 28.9. The Labute approximate surface area is 223 Å². The number of benzene rings is 1. The van der Waals surface area contributed by atoms with Gasteiger partial charge in [-0.05, 0) is 18.2 Å². The van der Waals surface area contributed by atoms with E-state index in [-0.39, 0.29) is 12.6 Å². The summed E-state index contributed by atoms with van der Waals surface area (Å²) < 4.78 is 27.5. The van der Waals surface area contributed by atoms with Gasteiger partial charge in [0.2, 0.25) is 5.95 Å². The summed E-state index contributed by atoms with van der Waals surface area (Å²) in [6, 6.07) is 5.11. The molecule has 0 spiro atoms. The second kappa shape index (κ2) is 12.2. The summed E-state index contributed by atoms with van der Waals surface area (Å²) in [5, 5.41) is 4.17. The van der Waals surface area contributed by atoms with Gasteiger partial charge < -0.3 is 33.9 Å². The molecule has 1 aliphatic heterocycles. The van der Waals surface area contributed by atoms with Crippen LogP contribution >= 0.6 is 11.6 Å². The number of rotatable bonds is 8. The summed E-state index contributed by atoms with van der Waals surface area (Å²) in [5.41, 5.74) is 0.557. The summed E-state index contributed by atoms with van der Waals surface area (Å²) in [6.07, 6.45) is -6.21. The first-order valence-electron chi connectivity index (χ1n) is 11.6. The number of aromatic nitrogens is 2. The van der Waals surface area contributed by atoms with Crippen LogP contribution < -0.4 is 10.2 Å². The zero-order valence-electron chi connectivity index (χ0n) is 21.7. The highest BCUT2D eigenvalue weighted by molar-refractivity contribution is 6.31. The molecule has 1 aromatic heterocycles. The van der Waals surface area contributed by atoms with Gasteiger partial charge in [0.1, 0.15) is 18.5 Å². The molecule has 0 bridgehead atoms. The number of fused-ring (bicyclic) bond motifs is 1. The third-order valence-corrected chi connectivity index (χ3v) is 5.56. The van der Waals surface area contributed by atoms with Crippen LogP contribution in [0.25, 0.3) is 10.9 Å². The molecule has 13 nitrogen and oxygen atoms in total. The molecule has 1 fully saturated rings. The molecular formula is C24H29ClN4O9. The van der Waals surface area contributed by atoms with E-state index in [4.69, 9.17) is 35.3 Å². The number of nitrogens with zero attached hydrogens (tertiary/aromatic N) is 3. The van der Waals surface area contributed by atoms with Gasteiger partial charge in [-0.3, -0.25) is 19.2 Å². The zero-order chi connectivity index (χ0) is 28.1. The fraction of sp³-hybridized carbons (Fsp3) is 0.500. The Morgan fingerprint density at radius 2 is 1.53 bits per heavy atom. The predicted octanol–water partition coefficient (Wildman–Crippen LogP) is 1.84. The van der Waals surface area contributed by atoms with Crippen molar-refractivity contribution >= 4 is 58.1 Å². The van der Waals surface area contributed by atoms with E-state index in [0.29, 0.717) is 21.7 Å². The fourth-order valence-electron chi connectivity index (χ4n) is 3.96. The maximum Gasteiger partial charge on any atom is 0.303 e. The lowest BCUT2D eigenvalue weighted by Gasteiger charge is -2.44. The Hall–Kier alpha value is -3.71. The highest BCUT2D eigenvalue weighted by atomic mass is 35.5. The molecule has 1 saturated heterocycles. The Bertz CT molecular complexity index is 1220. The van der Waals surface area contributed by atoms with Crippen LogP contribution in [0.2, 0.25) is 5.02 Å². The van der Waals surface area contributed by atoms with Gasteiger partial charge in [0, 0.05) is 52.2 Å². The Kier molecular flexibility index (Phi) is 9.28. The minimum absolute atomic E-state index is 0.0874. The monoisotopic (exact) mass is 552 g/mol. The van der Waals surface area contributed by atoms with Gasteiger partial charge in [-0.1, -0.05) is 11.6 Å². The molecule has 1 N–H and O–H groups in total. The third-order valence-electron chi connectivity index (χ3n) is 5.32. The number of esters is 4. The van der Waals surface area contributed by atoms with Crippen molar-refractivity contribution in [3.05, 3.63) is 23.2 Å². The first-order chi connectivity index (χ1) is 17.8. The predicted molar refractivity (Wildman–Crippen MR) is 134 cm³/mol. The molecule has 3 rings (SSSR count). The highest BCUT2D eigenvalue weighted by Crippen LogP contribution is 2.31. The van der Waals surface area contributed by atoms with Crippen molar-refractivity contribution in [3.8, 4) is 0 Å². The van der Waals surface area contributed by atoms with E-state index in [2.05, 4.69) is 15.3 Å². The van der Waals surface area contributed by atoms with E-state index >= 15 is 0 Å². The van der Waals surface area contributed by atoms with Crippen LogP contribution in [0.1, 0.15) is 27.7 Å². The molecule has 0 saturated carbocycles. The van der Waals surface area contributed by atoms with Gasteiger partial charge in [-0.25, -0.2) is 4.98 Å². The number of hydrogen-bond acceptors (Lipinski definition) is 13. The standard InChI is InChI=1S/C24H29ClN4O9/c1-11(30)34-10-18-19(35-12(2)31)20(36-13(3)32)21(37-14(4)33)23(38-18)28-24-26-17-8-7-15(25)9-16(17)22(27-24)29(5)6/h7-9,18-21,23H,10H2,1-6H3,(H,26,27,28)/t18-,19-,20+,21-,23-/m1/s1. The number of carbonyl (C=O) groups excluding carboxylic acids is 4. The number of ether oxygens (including phenoxy) is 5. The van der Waals surface area contributed by atoms with Crippen LogP contribution in [0.5, 0.6) is 0 Å². The summed E-state index contributed by atoms with van der Waals surface area (Å²) in [7, 11) is 3.58.